The van der Waals surface area contributed by atoms with Crippen LogP contribution in [0.2, 0.25) is 5.15 Å². The number of rotatable bonds is 6. The highest BCUT2D eigenvalue weighted by Gasteiger charge is 2.18. The molecule has 1 unspecified atom stereocenters. The van der Waals surface area contributed by atoms with E-state index in [0.717, 1.165) is 11.8 Å². The third-order valence-electron chi connectivity index (χ3n) is 2.46. The highest BCUT2D eigenvalue weighted by atomic mass is 35.5. The molecule has 0 aliphatic carbocycles. The lowest BCUT2D eigenvalue weighted by Gasteiger charge is -2.17. The van der Waals surface area contributed by atoms with Crippen LogP contribution in [-0.4, -0.2) is 17.0 Å². The molecule has 1 rings (SSSR count). The fourth-order valence-corrected chi connectivity index (χ4v) is 1.76. The Kier molecular flexibility index (Phi) is 5.32. The molecule has 0 radical (unpaired) electrons. The first-order valence-corrected chi connectivity index (χ1v) is 5.71. The Morgan fingerprint density at radius 3 is 2.89 bits per heavy atom. The number of allylic oxidation sites excluding steroid dienone is 2. The quantitative estimate of drug-likeness (QED) is 0.372. The van der Waals surface area contributed by atoms with E-state index in [1.807, 2.05) is 0 Å². The van der Waals surface area contributed by atoms with Gasteiger partial charge in [0.25, 0.3) is 6.20 Å². The summed E-state index contributed by atoms with van der Waals surface area (Å²) < 4.78 is 0. The van der Waals surface area contributed by atoms with Crippen molar-refractivity contribution >= 4 is 11.6 Å². The van der Waals surface area contributed by atoms with Crippen LogP contribution < -0.4 is 5.32 Å². The number of nitrogens with one attached hydrogen (secondary N) is 1. The SMILES string of the molecule is C=CCC(/C(=C\[N+](=O)[O-])NC)c1ccc(Cl)nc1. The van der Waals surface area contributed by atoms with Gasteiger partial charge >= 0.3 is 0 Å². The summed E-state index contributed by atoms with van der Waals surface area (Å²) in [7, 11) is 1.65. The summed E-state index contributed by atoms with van der Waals surface area (Å²) in [6.07, 6.45) is 4.86. The molecule has 1 aromatic rings. The molecule has 0 aromatic carbocycles. The predicted molar refractivity (Wildman–Crippen MR) is 70.9 cm³/mol. The van der Waals surface area contributed by atoms with E-state index < -0.39 is 4.92 Å². The fraction of sp³-hybridized carbons (Fsp3) is 0.250. The van der Waals surface area contributed by atoms with Gasteiger partial charge in [0.05, 0.1) is 10.6 Å². The molecule has 6 heteroatoms. The van der Waals surface area contributed by atoms with Gasteiger partial charge in [0, 0.05) is 19.2 Å². The number of pyridine rings is 1. The molecule has 0 spiro atoms. The van der Waals surface area contributed by atoms with Gasteiger partial charge < -0.3 is 5.32 Å². The van der Waals surface area contributed by atoms with Crippen LogP contribution >= 0.6 is 11.6 Å². The van der Waals surface area contributed by atoms with Gasteiger partial charge in [-0.25, -0.2) is 4.98 Å². The van der Waals surface area contributed by atoms with Crippen molar-refractivity contribution in [3.63, 3.8) is 0 Å². The van der Waals surface area contributed by atoms with E-state index >= 15 is 0 Å². The number of likely N-dealkylation sites (N-methyl/N-ethyl adjacent to an activating group) is 1. The van der Waals surface area contributed by atoms with Gasteiger partial charge in [0.15, 0.2) is 0 Å². The molecule has 96 valence electrons. The molecule has 0 saturated carbocycles. The zero-order valence-electron chi connectivity index (χ0n) is 9.97. The Morgan fingerprint density at radius 1 is 1.72 bits per heavy atom. The average molecular weight is 268 g/mol. The van der Waals surface area contributed by atoms with Crippen LogP contribution in [0.1, 0.15) is 17.9 Å². The Hall–Kier alpha value is -1.88. The van der Waals surface area contributed by atoms with Gasteiger partial charge in [0.2, 0.25) is 0 Å². The van der Waals surface area contributed by atoms with Crippen LogP contribution in [-0.2, 0) is 0 Å². The normalized spacial score (nSPS) is 12.9. The lowest BCUT2D eigenvalue weighted by molar-refractivity contribution is -0.404. The summed E-state index contributed by atoms with van der Waals surface area (Å²) in [5.41, 5.74) is 1.35. The number of halogens is 1. The smallest absolute Gasteiger partial charge is 0.253 e. The minimum absolute atomic E-state index is 0.178. The van der Waals surface area contributed by atoms with Crippen molar-refractivity contribution in [3.8, 4) is 0 Å². The summed E-state index contributed by atoms with van der Waals surface area (Å²) in [6, 6.07) is 3.46. The third kappa shape index (κ3) is 3.85. The van der Waals surface area contributed by atoms with Gasteiger partial charge in [-0.2, -0.15) is 0 Å². The molecular weight excluding hydrogens is 254 g/mol. The van der Waals surface area contributed by atoms with E-state index in [2.05, 4.69) is 16.9 Å². The van der Waals surface area contributed by atoms with Crippen molar-refractivity contribution in [3.05, 3.63) is 63.7 Å². The number of nitro groups is 1. The average Bonchev–Trinajstić information content (AvgIpc) is 2.34. The molecule has 1 heterocycles. The van der Waals surface area contributed by atoms with Crippen molar-refractivity contribution in [2.24, 2.45) is 0 Å². The number of hydrogen-bond acceptors (Lipinski definition) is 4. The maximum Gasteiger partial charge on any atom is 0.253 e. The summed E-state index contributed by atoms with van der Waals surface area (Å²) >= 11 is 5.72. The van der Waals surface area contributed by atoms with Crippen molar-refractivity contribution in [1.82, 2.24) is 10.3 Å². The van der Waals surface area contributed by atoms with Gasteiger partial charge in [-0.1, -0.05) is 23.7 Å². The van der Waals surface area contributed by atoms with Crippen LogP contribution in [0.4, 0.5) is 0 Å². The second-order valence-corrected chi connectivity index (χ2v) is 4.00. The summed E-state index contributed by atoms with van der Waals surface area (Å²) in [4.78, 5) is 14.1. The maximum atomic E-state index is 10.6. The fourth-order valence-electron chi connectivity index (χ4n) is 1.64. The molecule has 5 nitrogen and oxygen atoms in total. The Morgan fingerprint density at radius 2 is 2.44 bits per heavy atom. The van der Waals surface area contributed by atoms with Crippen molar-refractivity contribution in [2.75, 3.05) is 7.05 Å². The highest BCUT2D eigenvalue weighted by Crippen LogP contribution is 2.26. The van der Waals surface area contributed by atoms with Crippen LogP contribution in [0.25, 0.3) is 0 Å². The van der Waals surface area contributed by atoms with Gasteiger partial charge in [0.1, 0.15) is 5.15 Å². The summed E-state index contributed by atoms with van der Waals surface area (Å²) in [5, 5.41) is 13.8. The second kappa shape index (κ2) is 6.76. The van der Waals surface area contributed by atoms with Gasteiger partial charge in [-0.3, -0.25) is 10.1 Å². The van der Waals surface area contributed by atoms with Gasteiger partial charge in [-0.15, -0.1) is 6.58 Å². The molecule has 1 aromatic heterocycles. The molecule has 0 amide bonds. The summed E-state index contributed by atoms with van der Waals surface area (Å²) in [5.74, 6) is -0.178. The van der Waals surface area contributed by atoms with Gasteiger partial charge in [-0.05, 0) is 18.1 Å². The zero-order chi connectivity index (χ0) is 13.5. The summed E-state index contributed by atoms with van der Waals surface area (Å²) in [6.45, 7) is 3.67. The van der Waals surface area contributed by atoms with E-state index in [4.69, 9.17) is 11.6 Å². The number of aromatic nitrogens is 1. The van der Waals surface area contributed by atoms with Crippen LogP contribution in [0, 0.1) is 10.1 Å². The number of hydrogen-bond donors (Lipinski definition) is 1. The first-order valence-electron chi connectivity index (χ1n) is 5.33. The molecule has 18 heavy (non-hydrogen) atoms. The maximum absolute atomic E-state index is 10.6. The lowest BCUT2D eigenvalue weighted by Crippen LogP contribution is -2.16. The zero-order valence-corrected chi connectivity index (χ0v) is 10.7. The Labute approximate surface area is 110 Å². The molecule has 1 atom stereocenters. The Bertz CT molecular complexity index is 457. The monoisotopic (exact) mass is 267 g/mol. The molecular formula is C12H14ClN3O2. The largest absolute Gasteiger partial charge is 0.386 e. The van der Waals surface area contributed by atoms with Crippen molar-refractivity contribution < 1.29 is 4.92 Å². The molecule has 0 saturated heterocycles. The Balaban J connectivity index is 3.11. The van der Waals surface area contributed by atoms with E-state index in [1.54, 1.807) is 31.5 Å². The second-order valence-electron chi connectivity index (χ2n) is 3.61. The number of nitrogens with zero attached hydrogens (tertiary/aromatic N) is 2. The minimum Gasteiger partial charge on any atom is -0.386 e. The topological polar surface area (TPSA) is 68.1 Å². The van der Waals surface area contributed by atoms with Crippen LogP contribution in [0.15, 0.2) is 42.9 Å². The predicted octanol–water partition coefficient (Wildman–Crippen LogP) is 2.73. The minimum atomic E-state index is -0.481. The molecule has 0 fully saturated rings. The third-order valence-corrected chi connectivity index (χ3v) is 2.69. The van der Waals surface area contributed by atoms with Crippen LogP contribution in [0.3, 0.4) is 0 Å². The lowest BCUT2D eigenvalue weighted by atomic mass is 9.94. The van der Waals surface area contributed by atoms with Crippen molar-refractivity contribution in [1.29, 1.82) is 0 Å². The molecule has 1 N–H and O–H groups in total. The van der Waals surface area contributed by atoms with E-state index in [0.29, 0.717) is 17.3 Å². The highest BCUT2D eigenvalue weighted by molar-refractivity contribution is 6.29. The standard InChI is InChI=1S/C12H14ClN3O2/c1-3-4-10(11(14-2)8-16(17)18)9-5-6-12(13)15-7-9/h3,5-8,10,14H,1,4H2,2H3/b11-8+. The van der Waals surface area contributed by atoms with E-state index in [1.165, 1.54) is 0 Å². The molecule has 0 aliphatic heterocycles. The van der Waals surface area contributed by atoms with E-state index in [9.17, 15) is 10.1 Å². The van der Waals surface area contributed by atoms with Crippen molar-refractivity contribution in [2.45, 2.75) is 12.3 Å². The molecule has 0 aliphatic rings. The van der Waals surface area contributed by atoms with Crippen LogP contribution in [0.5, 0.6) is 0 Å². The molecule has 0 bridgehead atoms. The first kappa shape index (κ1) is 14.2. The first-order chi connectivity index (χ1) is 8.58. The van der Waals surface area contributed by atoms with E-state index in [-0.39, 0.29) is 5.92 Å².